The molecule has 3 nitrogen and oxygen atoms in total. The quantitative estimate of drug-likeness (QED) is 0.577. The van der Waals surface area contributed by atoms with Gasteiger partial charge in [-0.25, -0.2) is 0 Å². The van der Waals surface area contributed by atoms with Crippen LogP contribution in [0.1, 0.15) is 0 Å². The molecule has 0 saturated carbocycles. The molecule has 0 atom stereocenters. The number of hydrogen-bond acceptors (Lipinski definition) is 3. The summed E-state index contributed by atoms with van der Waals surface area (Å²) in [6.45, 7) is 0. The van der Waals surface area contributed by atoms with Crippen LogP contribution in [-0.2, 0) is 32.8 Å². The number of rotatable bonds is 3. The zero-order valence-corrected chi connectivity index (χ0v) is 8.46. The van der Waals surface area contributed by atoms with E-state index in [9.17, 15) is 0 Å². The molecule has 0 heterocycles. The first-order valence-corrected chi connectivity index (χ1v) is 3.35. The van der Waals surface area contributed by atoms with E-state index in [1.165, 1.54) is 0 Å². The van der Waals surface area contributed by atoms with E-state index in [-0.39, 0.29) is 35.1 Å². The van der Waals surface area contributed by atoms with Crippen LogP contribution in [0.4, 0.5) is 4.70 Å². The second-order valence-corrected chi connectivity index (χ2v) is 2.99. The van der Waals surface area contributed by atoms with E-state index < -0.39 is 9.53 Å². The molecule has 10 heavy (non-hydrogen) atoms. The zero-order valence-electron chi connectivity index (χ0n) is 5.56. The van der Waals surface area contributed by atoms with Crippen LogP contribution in [-0.4, -0.2) is 41.8 Å². The van der Waals surface area contributed by atoms with E-state index in [2.05, 4.69) is 0 Å². The normalized spacial score (nSPS) is 7.20. The molecule has 7 heteroatoms. The van der Waals surface area contributed by atoms with Crippen molar-refractivity contribution in [3.05, 3.63) is 0 Å². The van der Waals surface area contributed by atoms with E-state index in [0.29, 0.717) is 0 Å². The first kappa shape index (κ1) is 22.4. The molecule has 68 valence electrons. The molecule has 0 aliphatic carbocycles. The molecule has 0 unspecified atom stereocenters. The molecule has 0 fully saturated rings. The predicted octanol–water partition coefficient (Wildman–Crippen LogP) is -1.66. The third-order valence-electron chi connectivity index (χ3n) is 0.577. The van der Waals surface area contributed by atoms with Crippen molar-refractivity contribution in [2.24, 2.45) is 0 Å². The molecular weight excluding hydrogens is 260 g/mol. The molecule has 0 bridgehead atoms. The van der Waals surface area contributed by atoms with Gasteiger partial charge < -0.3 is 13.3 Å². The Morgan fingerprint density at radius 3 is 1.10 bits per heavy atom. The smallest absolute Gasteiger partial charge is 0.379 e. The fourth-order valence-corrected chi connectivity index (χ4v) is 0.866. The number of halogens is 1. The fourth-order valence-electron chi connectivity index (χ4n) is 0.289. The zero-order chi connectivity index (χ0) is 5.70. The summed E-state index contributed by atoms with van der Waals surface area (Å²) in [5.74, 6) is 0. The summed E-state index contributed by atoms with van der Waals surface area (Å²) >= 11 is 0. The van der Waals surface area contributed by atoms with Crippen molar-refractivity contribution >= 4 is 20.5 Å². The van der Waals surface area contributed by atoms with Crippen LogP contribution in [0.5, 0.6) is 0 Å². The standard InChI is InChI=1S/C3H10O3Si.FH.Ru.H4Si/c1-4-7(5-2)6-3;;;/h7H,1-3H3;1H;;1H4. The van der Waals surface area contributed by atoms with Crippen LogP contribution < -0.4 is 0 Å². The van der Waals surface area contributed by atoms with E-state index in [1.807, 2.05) is 0 Å². The summed E-state index contributed by atoms with van der Waals surface area (Å²) in [6.07, 6.45) is 0. The van der Waals surface area contributed by atoms with Crippen LogP contribution in [0.25, 0.3) is 0 Å². The first-order valence-electron chi connectivity index (χ1n) is 1.93. The van der Waals surface area contributed by atoms with E-state index in [0.717, 1.165) is 0 Å². The Bertz CT molecular complexity index is 43.2. The largest absolute Gasteiger partial charge is 0.483 e. The topological polar surface area (TPSA) is 27.7 Å². The molecule has 0 N–H and O–H groups in total. The molecule has 0 radical (unpaired) electrons. The molecule has 0 spiro atoms. The van der Waals surface area contributed by atoms with Crippen molar-refractivity contribution in [2.75, 3.05) is 21.3 Å². The van der Waals surface area contributed by atoms with Crippen LogP contribution >= 0.6 is 0 Å². The summed E-state index contributed by atoms with van der Waals surface area (Å²) in [4.78, 5) is 0. The Labute approximate surface area is 79.5 Å². The van der Waals surface area contributed by atoms with Crippen LogP contribution in [0, 0.1) is 0 Å². The monoisotopic (exact) mass is 276 g/mol. The van der Waals surface area contributed by atoms with E-state index in [4.69, 9.17) is 13.3 Å². The summed E-state index contributed by atoms with van der Waals surface area (Å²) in [7, 11) is 3.05. The van der Waals surface area contributed by atoms with Gasteiger partial charge >= 0.3 is 9.53 Å². The Hall–Kier alpha value is 0.867. The van der Waals surface area contributed by atoms with Gasteiger partial charge in [0.15, 0.2) is 0 Å². The van der Waals surface area contributed by atoms with Gasteiger partial charge in [-0.15, -0.1) is 0 Å². The Morgan fingerprint density at radius 1 is 0.900 bits per heavy atom. The maximum Gasteiger partial charge on any atom is 0.483 e. The first-order chi connectivity index (χ1) is 3.35. The summed E-state index contributed by atoms with van der Waals surface area (Å²) in [6, 6.07) is 0. The van der Waals surface area contributed by atoms with Gasteiger partial charge in [0.1, 0.15) is 0 Å². The second kappa shape index (κ2) is 16.5. The van der Waals surface area contributed by atoms with E-state index in [1.54, 1.807) is 21.3 Å². The molecule has 0 aliphatic rings. The Kier molecular flexibility index (Phi) is 36.9. The van der Waals surface area contributed by atoms with Gasteiger partial charge in [0.05, 0.1) is 0 Å². The molecular formula is C3H15FO3RuSi2. The predicted molar refractivity (Wildman–Crippen MR) is 42.0 cm³/mol. The summed E-state index contributed by atoms with van der Waals surface area (Å²) in [5.41, 5.74) is 0. The van der Waals surface area contributed by atoms with Gasteiger partial charge in [0, 0.05) is 40.8 Å². The second-order valence-electron chi connectivity index (χ2n) is 0.996. The van der Waals surface area contributed by atoms with Crippen LogP contribution in [0.2, 0.25) is 0 Å². The van der Waals surface area contributed by atoms with E-state index >= 15 is 0 Å². The molecule has 0 amide bonds. The third-order valence-corrected chi connectivity index (χ3v) is 1.73. The van der Waals surface area contributed by atoms with Gasteiger partial charge in [-0.3, -0.25) is 4.70 Å². The Morgan fingerprint density at radius 2 is 1.10 bits per heavy atom. The molecule has 0 aromatic carbocycles. The molecule has 0 saturated heterocycles. The van der Waals surface area contributed by atoms with Crippen molar-refractivity contribution < 1.29 is 37.5 Å². The average molecular weight is 275 g/mol. The van der Waals surface area contributed by atoms with Crippen molar-refractivity contribution in [3.63, 3.8) is 0 Å². The molecule has 0 aromatic heterocycles. The minimum absolute atomic E-state index is 0. The third kappa shape index (κ3) is 11.6. The van der Waals surface area contributed by atoms with Gasteiger partial charge in [-0.2, -0.15) is 0 Å². The summed E-state index contributed by atoms with van der Waals surface area (Å²) in [5, 5.41) is 0. The Balaban J connectivity index is -0.0000000600. The van der Waals surface area contributed by atoms with Crippen molar-refractivity contribution in [1.82, 2.24) is 0 Å². The average Bonchev–Trinajstić information content (AvgIpc) is 1.72. The van der Waals surface area contributed by atoms with Gasteiger partial charge in [0.2, 0.25) is 0 Å². The maximum atomic E-state index is 4.74. The summed E-state index contributed by atoms with van der Waals surface area (Å²) < 4.78 is 14.2. The number of hydrogen-bond donors (Lipinski definition) is 0. The fraction of sp³-hybridized carbons (Fsp3) is 1.00. The minimum atomic E-state index is -1.67. The molecule has 0 aliphatic heterocycles. The SMILES string of the molecule is CO[SiH](OC)OC.F.[Ru].[SiH4]. The van der Waals surface area contributed by atoms with Crippen molar-refractivity contribution in [3.8, 4) is 0 Å². The van der Waals surface area contributed by atoms with Crippen molar-refractivity contribution in [2.45, 2.75) is 0 Å². The van der Waals surface area contributed by atoms with Gasteiger partial charge in [0.25, 0.3) is 0 Å². The van der Waals surface area contributed by atoms with Gasteiger partial charge in [-0.05, 0) is 11.0 Å². The minimum Gasteiger partial charge on any atom is -0.379 e. The molecule has 0 aromatic rings. The van der Waals surface area contributed by atoms with Crippen LogP contribution in [0.3, 0.4) is 0 Å². The molecule has 0 rings (SSSR count). The van der Waals surface area contributed by atoms with Gasteiger partial charge in [-0.1, -0.05) is 0 Å². The maximum absolute atomic E-state index is 4.74. The van der Waals surface area contributed by atoms with Crippen molar-refractivity contribution in [1.29, 1.82) is 0 Å². The van der Waals surface area contributed by atoms with Crippen LogP contribution in [0.15, 0.2) is 0 Å².